The molecule has 328 valence electrons. The van der Waals surface area contributed by atoms with Gasteiger partial charge >= 0.3 is 17.9 Å². The molecule has 0 aromatic rings. The minimum atomic E-state index is -0.877. The maximum absolute atomic E-state index is 12.7. The molecule has 0 fully saturated rings. The topological polar surface area (TPSA) is 78.9 Å². The predicted molar refractivity (Wildman–Crippen MR) is 251 cm³/mol. The van der Waals surface area contributed by atoms with Crippen LogP contribution in [0.2, 0.25) is 0 Å². The number of rotatable bonds is 38. The van der Waals surface area contributed by atoms with Crippen molar-refractivity contribution in [1.82, 2.24) is 0 Å². The van der Waals surface area contributed by atoms with E-state index in [1.165, 1.54) is 38.5 Å². The van der Waals surface area contributed by atoms with E-state index in [9.17, 15) is 14.4 Å². The molecule has 0 aliphatic heterocycles. The zero-order valence-electron chi connectivity index (χ0n) is 37.2. The second-order valence-electron chi connectivity index (χ2n) is 14.2. The van der Waals surface area contributed by atoms with Gasteiger partial charge in [0.1, 0.15) is 13.2 Å². The highest BCUT2D eigenvalue weighted by Gasteiger charge is 2.19. The SMILES string of the molecule is CC/C=C\C/C=C\C/C=C\C/C=C\C/C=C\C/C=C\CCC(=O)OCC(COC(=O)C/C=C\C/C=C\C/C=C\CC)OC(=O)CC/C=C\C/C=C\CCCCCCCC. The number of esters is 3. The zero-order chi connectivity index (χ0) is 43.0. The second-order valence-corrected chi connectivity index (χ2v) is 14.2. The molecule has 59 heavy (non-hydrogen) atoms. The standard InChI is InChI=1S/C53H80O6/c1-4-7-10-13-16-19-21-23-24-25-26-27-28-30-31-34-37-40-43-46-52(55)58-49-50(48-57-51(54)45-42-39-36-33-18-15-12-9-6-3)59-53(56)47-44-41-38-35-32-29-22-20-17-14-11-8-5-2/h7,9-10,12,16,18-19,23-24,26-27,29-33,37-42,50H,4-6,8,11,13-15,17,20-22,25,28,34-36,43-49H2,1-3H3/b10-7-,12-9-,19-16-,24-23-,27-26-,31-30-,32-29-,33-18-,40-37-,41-38-,42-39-. The Bertz CT molecular complexity index is 1350. The van der Waals surface area contributed by atoms with E-state index in [1.54, 1.807) is 6.08 Å². The lowest BCUT2D eigenvalue weighted by molar-refractivity contribution is -0.166. The maximum atomic E-state index is 12.7. The average molecular weight is 813 g/mol. The van der Waals surface area contributed by atoms with Gasteiger partial charge in [0.25, 0.3) is 0 Å². The van der Waals surface area contributed by atoms with Crippen LogP contribution in [0.15, 0.2) is 134 Å². The van der Waals surface area contributed by atoms with Gasteiger partial charge in [-0.05, 0) is 89.9 Å². The molecule has 0 amide bonds. The van der Waals surface area contributed by atoms with Crippen molar-refractivity contribution in [1.29, 1.82) is 0 Å². The number of carbonyl (C=O) groups excluding carboxylic acids is 3. The molecule has 0 aliphatic rings. The lowest BCUT2D eigenvalue weighted by atomic mass is 10.1. The summed E-state index contributed by atoms with van der Waals surface area (Å²) < 4.78 is 16.4. The predicted octanol–water partition coefficient (Wildman–Crippen LogP) is 14.7. The molecule has 0 aliphatic carbocycles. The Balaban J connectivity index is 4.62. The number of hydrogen-bond donors (Lipinski definition) is 0. The molecule has 6 heteroatoms. The molecule has 0 rings (SSSR count). The van der Waals surface area contributed by atoms with E-state index in [-0.39, 0.29) is 32.5 Å². The van der Waals surface area contributed by atoms with Gasteiger partial charge in [-0.3, -0.25) is 14.4 Å². The minimum Gasteiger partial charge on any atom is -0.462 e. The van der Waals surface area contributed by atoms with Crippen LogP contribution in [0.5, 0.6) is 0 Å². The summed E-state index contributed by atoms with van der Waals surface area (Å²) in [5, 5.41) is 0. The van der Waals surface area contributed by atoms with Crippen molar-refractivity contribution >= 4 is 17.9 Å². The molecule has 0 saturated carbocycles. The van der Waals surface area contributed by atoms with Gasteiger partial charge in [-0.2, -0.15) is 0 Å². The summed E-state index contributed by atoms with van der Waals surface area (Å²) in [6.07, 6.45) is 65.0. The molecule has 6 nitrogen and oxygen atoms in total. The third-order valence-electron chi connectivity index (χ3n) is 8.68. The molecule has 0 aromatic carbocycles. The van der Waals surface area contributed by atoms with Gasteiger partial charge in [0.05, 0.1) is 6.42 Å². The first-order chi connectivity index (χ1) is 29.0. The van der Waals surface area contributed by atoms with Crippen LogP contribution in [0, 0.1) is 0 Å². The van der Waals surface area contributed by atoms with Crippen molar-refractivity contribution in [3.63, 3.8) is 0 Å². The molecular weight excluding hydrogens is 733 g/mol. The molecule has 0 N–H and O–H groups in total. The third-order valence-corrected chi connectivity index (χ3v) is 8.68. The summed E-state index contributed by atoms with van der Waals surface area (Å²) in [7, 11) is 0. The van der Waals surface area contributed by atoms with Gasteiger partial charge in [-0.1, -0.05) is 187 Å². The molecule has 0 heterocycles. The van der Waals surface area contributed by atoms with Crippen LogP contribution >= 0.6 is 0 Å². The van der Waals surface area contributed by atoms with E-state index in [0.717, 1.165) is 70.6 Å². The van der Waals surface area contributed by atoms with Crippen molar-refractivity contribution in [2.75, 3.05) is 13.2 Å². The quantitative estimate of drug-likeness (QED) is 0.0267. The van der Waals surface area contributed by atoms with Crippen molar-refractivity contribution in [2.45, 2.75) is 168 Å². The summed E-state index contributed by atoms with van der Waals surface area (Å²) in [6.45, 7) is 6.14. The lowest BCUT2D eigenvalue weighted by Crippen LogP contribution is -2.30. The van der Waals surface area contributed by atoms with Gasteiger partial charge in [0, 0.05) is 12.8 Å². The van der Waals surface area contributed by atoms with E-state index >= 15 is 0 Å². The van der Waals surface area contributed by atoms with Gasteiger partial charge < -0.3 is 14.2 Å². The Labute approximate surface area is 360 Å². The summed E-state index contributed by atoms with van der Waals surface area (Å²) in [5.74, 6) is -1.26. The Morgan fingerprint density at radius 2 is 0.729 bits per heavy atom. The van der Waals surface area contributed by atoms with Crippen LogP contribution in [-0.2, 0) is 28.6 Å². The number of hydrogen-bond acceptors (Lipinski definition) is 6. The maximum Gasteiger partial charge on any atom is 0.309 e. The smallest absolute Gasteiger partial charge is 0.309 e. The summed E-state index contributed by atoms with van der Waals surface area (Å²) >= 11 is 0. The Morgan fingerprint density at radius 3 is 1.19 bits per heavy atom. The number of allylic oxidation sites excluding steroid dienone is 21. The molecule has 0 spiro atoms. The fourth-order valence-electron chi connectivity index (χ4n) is 5.34. The largest absolute Gasteiger partial charge is 0.462 e. The fourth-order valence-corrected chi connectivity index (χ4v) is 5.34. The van der Waals surface area contributed by atoms with Gasteiger partial charge in [-0.25, -0.2) is 0 Å². The van der Waals surface area contributed by atoms with Crippen LogP contribution in [0.25, 0.3) is 0 Å². The highest BCUT2D eigenvalue weighted by atomic mass is 16.6. The van der Waals surface area contributed by atoms with E-state index in [2.05, 4.69) is 124 Å². The minimum absolute atomic E-state index is 0.105. The Morgan fingerprint density at radius 1 is 0.373 bits per heavy atom. The summed E-state index contributed by atoms with van der Waals surface area (Å²) in [6, 6.07) is 0. The van der Waals surface area contributed by atoms with E-state index < -0.39 is 24.0 Å². The second kappa shape index (κ2) is 46.2. The van der Waals surface area contributed by atoms with Gasteiger partial charge in [0.2, 0.25) is 0 Å². The molecule has 0 bridgehead atoms. The number of carbonyl (C=O) groups is 3. The number of unbranched alkanes of at least 4 members (excludes halogenated alkanes) is 6. The van der Waals surface area contributed by atoms with E-state index in [0.29, 0.717) is 12.8 Å². The highest BCUT2D eigenvalue weighted by molar-refractivity contribution is 5.72. The van der Waals surface area contributed by atoms with Gasteiger partial charge in [-0.15, -0.1) is 0 Å². The van der Waals surface area contributed by atoms with Crippen LogP contribution in [0.1, 0.15) is 162 Å². The van der Waals surface area contributed by atoms with E-state index in [1.807, 2.05) is 24.3 Å². The normalized spacial score (nSPS) is 13.3. The third kappa shape index (κ3) is 44.5. The van der Waals surface area contributed by atoms with Crippen LogP contribution in [0.3, 0.4) is 0 Å². The number of ether oxygens (including phenoxy) is 3. The van der Waals surface area contributed by atoms with Crippen molar-refractivity contribution in [2.24, 2.45) is 0 Å². The fraction of sp³-hybridized carbons (Fsp3) is 0.528. The molecule has 0 radical (unpaired) electrons. The highest BCUT2D eigenvalue weighted by Crippen LogP contribution is 2.09. The van der Waals surface area contributed by atoms with Gasteiger partial charge in [0.15, 0.2) is 6.10 Å². The van der Waals surface area contributed by atoms with Crippen LogP contribution < -0.4 is 0 Å². The van der Waals surface area contributed by atoms with E-state index in [4.69, 9.17) is 14.2 Å². The van der Waals surface area contributed by atoms with Crippen molar-refractivity contribution < 1.29 is 28.6 Å². The summed E-state index contributed by atoms with van der Waals surface area (Å²) in [4.78, 5) is 37.6. The molecular formula is C53H80O6. The molecule has 1 atom stereocenters. The van der Waals surface area contributed by atoms with Crippen molar-refractivity contribution in [3.05, 3.63) is 134 Å². The summed E-state index contributed by atoms with van der Waals surface area (Å²) in [5.41, 5.74) is 0. The monoisotopic (exact) mass is 813 g/mol. The Kier molecular flexibility index (Phi) is 42.8. The zero-order valence-corrected chi connectivity index (χ0v) is 37.2. The average Bonchev–Trinajstić information content (AvgIpc) is 3.23. The first-order valence-corrected chi connectivity index (χ1v) is 22.7. The Hall–Kier alpha value is -4.45. The first kappa shape index (κ1) is 54.6. The van der Waals surface area contributed by atoms with Crippen molar-refractivity contribution in [3.8, 4) is 0 Å². The lowest BCUT2D eigenvalue weighted by Gasteiger charge is -2.18. The van der Waals surface area contributed by atoms with Crippen LogP contribution in [-0.4, -0.2) is 37.2 Å². The molecule has 0 aromatic heterocycles. The molecule has 1 unspecified atom stereocenters. The molecule has 0 saturated heterocycles. The van der Waals surface area contributed by atoms with Crippen LogP contribution in [0.4, 0.5) is 0 Å². The first-order valence-electron chi connectivity index (χ1n) is 22.7.